The van der Waals surface area contributed by atoms with Crippen LogP contribution in [0.1, 0.15) is 5.56 Å². The topological polar surface area (TPSA) is 69.9 Å². The van der Waals surface area contributed by atoms with E-state index in [0.717, 1.165) is 31.7 Å². The molecule has 6 heteroatoms. The van der Waals surface area contributed by atoms with Gasteiger partial charge in [-0.2, -0.15) is 0 Å². The second-order valence-electron chi connectivity index (χ2n) is 4.73. The van der Waals surface area contributed by atoms with E-state index in [0.29, 0.717) is 13.1 Å². The van der Waals surface area contributed by atoms with Gasteiger partial charge < -0.3 is 5.11 Å². The Morgan fingerprint density at radius 1 is 1.16 bits per heavy atom. The number of hydrogen-bond donors (Lipinski definition) is 1. The minimum atomic E-state index is -0.322. The Hall–Kier alpha value is -1.50. The molecule has 2 rings (SSSR count). The van der Waals surface area contributed by atoms with Crippen molar-refractivity contribution in [3.05, 3.63) is 39.9 Å². The summed E-state index contributed by atoms with van der Waals surface area (Å²) in [6.07, 6.45) is 0. The Balaban J connectivity index is 1.94. The molecular formula is C13H19N3O3. The number of hydrogen-bond acceptors (Lipinski definition) is 5. The maximum atomic E-state index is 11.0. The minimum absolute atomic E-state index is 0.185. The van der Waals surface area contributed by atoms with Gasteiger partial charge in [0.2, 0.25) is 0 Å². The van der Waals surface area contributed by atoms with E-state index in [1.54, 1.807) is 12.1 Å². The molecule has 0 amide bonds. The lowest BCUT2D eigenvalue weighted by Gasteiger charge is -2.34. The highest BCUT2D eigenvalue weighted by Gasteiger charge is 2.19. The van der Waals surface area contributed by atoms with E-state index in [1.165, 1.54) is 0 Å². The predicted octanol–water partition coefficient (Wildman–Crippen LogP) is 0.705. The van der Waals surface area contributed by atoms with Crippen LogP contribution >= 0.6 is 0 Å². The lowest BCUT2D eigenvalue weighted by atomic mass is 10.1. The van der Waals surface area contributed by atoms with Crippen LogP contribution in [0.15, 0.2) is 24.3 Å². The number of piperazine rings is 1. The van der Waals surface area contributed by atoms with Gasteiger partial charge in [-0.15, -0.1) is 0 Å². The molecule has 1 saturated heterocycles. The summed E-state index contributed by atoms with van der Waals surface area (Å²) in [5.41, 5.74) is 0.961. The first kappa shape index (κ1) is 13.9. The molecule has 0 radical (unpaired) electrons. The Bertz CT molecular complexity index is 431. The van der Waals surface area contributed by atoms with Gasteiger partial charge in [0.15, 0.2) is 0 Å². The summed E-state index contributed by atoms with van der Waals surface area (Å²) in [6, 6.07) is 6.90. The summed E-state index contributed by atoms with van der Waals surface area (Å²) in [5.74, 6) is 0. The zero-order valence-corrected chi connectivity index (χ0v) is 10.9. The fourth-order valence-electron chi connectivity index (χ4n) is 2.38. The number of benzene rings is 1. The third-order valence-electron chi connectivity index (χ3n) is 3.46. The molecule has 0 saturated carbocycles. The molecular weight excluding hydrogens is 246 g/mol. The van der Waals surface area contributed by atoms with Gasteiger partial charge in [0.05, 0.1) is 11.5 Å². The number of nitro benzene ring substituents is 1. The van der Waals surface area contributed by atoms with Gasteiger partial charge in [0.25, 0.3) is 5.69 Å². The van der Waals surface area contributed by atoms with Crippen molar-refractivity contribution in [1.29, 1.82) is 0 Å². The zero-order chi connectivity index (χ0) is 13.7. The summed E-state index contributed by atoms with van der Waals surface area (Å²) >= 11 is 0. The summed E-state index contributed by atoms with van der Waals surface area (Å²) < 4.78 is 0. The Morgan fingerprint density at radius 3 is 2.42 bits per heavy atom. The molecule has 1 N–H and O–H groups in total. The first-order valence-electron chi connectivity index (χ1n) is 6.48. The van der Waals surface area contributed by atoms with Crippen molar-refractivity contribution >= 4 is 5.69 Å². The molecule has 1 aromatic rings. The molecule has 0 aliphatic carbocycles. The van der Waals surface area contributed by atoms with Crippen molar-refractivity contribution in [2.45, 2.75) is 6.54 Å². The highest BCUT2D eigenvalue weighted by molar-refractivity contribution is 5.39. The molecule has 0 atom stereocenters. The average molecular weight is 265 g/mol. The second kappa shape index (κ2) is 6.60. The maximum Gasteiger partial charge on any atom is 0.273 e. The van der Waals surface area contributed by atoms with Gasteiger partial charge in [0.1, 0.15) is 0 Å². The maximum absolute atomic E-state index is 11.0. The SMILES string of the molecule is O=[N+]([O-])c1ccccc1CN1CCN(CCO)CC1. The quantitative estimate of drug-likeness (QED) is 0.627. The van der Waals surface area contributed by atoms with Crippen molar-refractivity contribution in [2.75, 3.05) is 39.3 Å². The first-order chi connectivity index (χ1) is 9.20. The van der Waals surface area contributed by atoms with Crippen molar-refractivity contribution in [3.8, 4) is 0 Å². The predicted molar refractivity (Wildman–Crippen MR) is 71.9 cm³/mol. The standard InChI is InChI=1S/C13H19N3O3/c17-10-9-14-5-7-15(8-6-14)11-12-3-1-2-4-13(12)16(18)19/h1-4,17H,5-11H2. The summed E-state index contributed by atoms with van der Waals surface area (Å²) in [7, 11) is 0. The molecule has 0 unspecified atom stereocenters. The van der Waals surface area contributed by atoms with Gasteiger partial charge in [-0.25, -0.2) is 0 Å². The molecule has 104 valence electrons. The van der Waals surface area contributed by atoms with Crippen LogP contribution in [0.5, 0.6) is 0 Å². The molecule has 1 heterocycles. The molecule has 1 aliphatic heterocycles. The van der Waals surface area contributed by atoms with Crippen molar-refractivity contribution in [2.24, 2.45) is 0 Å². The van der Waals surface area contributed by atoms with E-state index >= 15 is 0 Å². The van der Waals surface area contributed by atoms with Gasteiger partial charge >= 0.3 is 0 Å². The zero-order valence-electron chi connectivity index (χ0n) is 10.9. The molecule has 0 spiro atoms. The van der Waals surface area contributed by atoms with Crippen molar-refractivity contribution in [1.82, 2.24) is 9.80 Å². The number of β-amino-alcohol motifs (C(OH)–C–C–N with tert-alkyl or cyclic N) is 1. The fraction of sp³-hybridized carbons (Fsp3) is 0.538. The Kier molecular flexibility index (Phi) is 4.84. The Labute approximate surface area is 112 Å². The van der Waals surface area contributed by atoms with Crippen LogP contribution in [0.3, 0.4) is 0 Å². The lowest BCUT2D eigenvalue weighted by molar-refractivity contribution is -0.385. The van der Waals surface area contributed by atoms with Gasteiger partial charge in [-0.3, -0.25) is 19.9 Å². The van der Waals surface area contributed by atoms with Crippen LogP contribution in [0.2, 0.25) is 0 Å². The highest BCUT2D eigenvalue weighted by atomic mass is 16.6. The van der Waals surface area contributed by atoms with E-state index in [9.17, 15) is 10.1 Å². The first-order valence-corrected chi connectivity index (χ1v) is 6.48. The molecule has 1 fully saturated rings. The molecule has 6 nitrogen and oxygen atoms in total. The molecule has 1 aromatic carbocycles. The Morgan fingerprint density at radius 2 is 1.79 bits per heavy atom. The summed E-state index contributed by atoms with van der Waals surface area (Å²) in [6.45, 7) is 5.08. The average Bonchev–Trinajstić information content (AvgIpc) is 2.42. The van der Waals surface area contributed by atoms with Gasteiger partial charge in [-0.05, 0) is 0 Å². The van der Waals surface area contributed by atoms with E-state index in [1.807, 2.05) is 12.1 Å². The number of aliphatic hydroxyl groups is 1. The van der Waals surface area contributed by atoms with E-state index in [4.69, 9.17) is 5.11 Å². The van der Waals surface area contributed by atoms with Crippen LogP contribution in [0.4, 0.5) is 5.69 Å². The number of rotatable bonds is 5. The summed E-state index contributed by atoms with van der Waals surface area (Å²) in [5, 5.41) is 19.8. The molecule has 0 aromatic heterocycles. The van der Waals surface area contributed by atoms with E-state index in [2.05, 4.69) is 9.80 Å². The largest absolute Gasteiger partial charge is 0.395 e. The van der Waals surface area contributed by atoms with Gasteiger partial charge in [0, 0.05) is 50.9 Å². The van der Waals surface area contributed by atoms with Crippen LogP contribution in [-0.4, -0.2) is 59.2 Å². The van der Waals surface area contributed by atoms with Crippen LogP contribution in [-0.2, 0) is 6.54 Å². The second-order valence-corrected chi connectivity index (χ2v) is 4.73. The number of aliphatic hydroxyl groups excluding tert-OH is 1. The normalized spacial score (nSPS) is 17.5. The highest BCUT2D eigenvalue weighted by Crippen LogP contribution is 2.20. The molecule has 19 heavy (non-hydrogen) atoms. The number of nitro groups is 1. The van der Waals surface area contributed by atoms with Gasteiger partial charge in [-0.1, -0.05) is 18.2 Å². The monoisotopic (exact) mass is 265 g/mol. The minimum Gasteiger partial charge on any atom is -0.395 e. The molecule has 1 aliphatic rings. The number of para-hydroxylation sites is 1. The fourth-order valence-corrected chi connectivity index (χ4v) is 2.38. The third-order valence-corrected chi connectivity index (χ3v) is 3.46. The van der Waals surface area contributed by atoms with Crippen LogP contribution < -0.4 is 0 Å². The lowest BCUT2D eigenvalue weighted by Crippen LogP contribution is -2.46. The third kappa shape index (κ3) is 3.73. The number of nitrogens with zero attached hydrogens (tertiary/aromatic N) is 3. The van der Waals surface area contributed by atoms with Crippen molar-refractivity contribution in [3.63, 3.8) is 0 Å². The molecule has 0 bridgehead atoms. The summed E-state index contributed by atoms with van der Waals surface area (Å²) in [4.78, 5) is 15.1. The van der Waals surface area contributed by atoms with E-state index in [-0.39, 0.29) is 17.2 Å². The smallest absolute Gasteiger partial charge is 0.273 e. The van der Waals surface area contributed by atoms with Crippen molar-refractivity contribution < 1.29 is 10.0 Å². The van der Waals surface area contributed by atoms with Crippen LogP contribution in [0, 0.1) is 10.1 Å². The van der Waals surface area contributed by atoms with E-state index < -0.39 is 0 Å². The van der Waals surface area contributed by atoms with Crippen LogP contribution in [0.25, 0.3) is 0 Å².